The van der Waals surface area contributed by atoms with Crippen LogP contribution in [0, 0.1) is 34.5 Å². The van der Waals surface area contributed by atoms with Crippen molar-refractivity contribution >= 4 is 23.4 Å². The summed E-state index contributed by atoms with van der Waals surface area (Å²) in [5.74, 6) is -1.72. The Labute approximate surface area is 204 Å². The number of carboxylic acid groups (broad SMARTS) is 2. The highest BCUT2D eigenvalue weighted by Gasteiger charge is 2.60. The number of hydrogen-bond donors (Lipinski definition) is 4. The van der Waals surface area contributed by atoms with E-state index in [2.05, 4.69) is 30.2 Å². The molecule has 0 amide bonds. The van der Waals surface area contributed by atoms with Crippen LogP contribution in [-0.4, -0.2) is 69.2 Å². The Morgan fingerprint density at radius 1 is 0.971 bits per heavy atom. The van der Waals surface area contributed by atoms with Gasteiger partial charge < -0.3 is 30.1 Å². The number of aliphatic hydroxyl groups is 2. The smallest absolute Gasteiger partial charge is 0.344 e. The van der Waals surface area contributed by atoms with Gasteiger partial charge in [0.05, 0.1) is 23.6 Å². The second kappa shape index (κ2) is 9.54. The Morgan fingerprint density at radius 2 is 1.63 bits per heavy atom. The van der Waals surface area contributed by atoms with Gasteiger partial charge in [-0.05, 0) is 74.2 Å². The van der Waals surface area contributed by atoms with E-state index in [1.165, 1.54) is 5.57 Å². The van der Waals surface area contributed by atoms with E-state index in [1.54, 1.807) is 0 Å². The van der Waals surface area contributed by atoms with Crippen LogP contribution in [0.4, 0.5) is 0 Å². The van der Waals surface area contributed by atoms with Crippen molar-refractivity contribution in [2.24, 2.45) is 44.8 Å². The summed E-state index contributed by atoms with van der Waals surface area (Å²) in [6.45, 7) is 5.29. The maximum atomic E-state index is 11.0. The number of aliphatic carboxylic acids is 2. The summed E-state index contributed by atoms with van der Waals surface area (Å²) in [5.41, 5.74) is 2.26. The molecule has 0 aromatic carbocycles. The fourth-order valence-corrected chi connectivity index (χ4v) is 7.61. The number of aliphatic hydroxyl groups excluding tert-OH is 2. The quantitative estimate of drug-likeness (QED) is 0.312. The van der Waals surface area contributed by atoms with Crippen LogP contribution >= 0.6 is 0 Å². The Morgan fingerprint density at radius 3 is 2.31 bits per heavy atom. The summed E-state index contributed by atoms with van der Waals surface area (Å²) in [6.07, 6.45) is 4.88. The number of oxime groups is 2. The van der Waals surface area contributed by atoms with Gasteiger partial charge in [0.15, 0.2) is 0 Å². The van der Waals surface area contributed by atoms with Crippen LogP contribution in [0.1, 0.15) is 59.3 Å². The lowest BCUT2D eigenvalue weighted by Crippen LogP contribution is -2.56. The van der Waals surface area contributed by atoms with Crippen molar-refractivity contribution in [1.29, 1.82) is 0 Å². The number of carboxylic acids is 2. The third-order valence-corrected chi connectivity index (χ3v) is 9.21. The first kappa shape index (κ1) is 25.6. The van der Waals surface area contributed by atoms with Crippen molar-refractivity contribution in [3.05, 3.63) is 11.6 Å². The third-order valence-electron chi connectivity index (χ3n) is 9.21. The average Bonchev–Trinajstić information content (AvgIpc) is 3.12. The number of nitrogens with zero attached hydrogens (tertiary/aromatic N) is 2. The molecule has 3 fully saturated rings. The van der Waals surface area contributed by atoms with Gasteiger partial charge >= 0.3 is 11.9 Å². The van der Waals surface area contributed by atoms with E-state index in [0.29, 0.717) is 18.6 Å². The number of carbonyl (C=O) groups is 2. The largest absolute Gasteiger partial charge is 0.479 e. The second-order valence-electron chi connectivity index (χ2n) is 11.1. The zero-order valence-electron chi connectivity index (χ0n) is 20.5. The molecule has 194 valence electrons. The average molecular weight is 493 g/mol. The van der Waals surface area contributed by atoms with E-state index in [0.717, 1.165) is 31.4 Å². The molecule has 8 atom stereocenters. The molecule has 0 aromatic rings. The van der Waals surface area contributed by atoms with Crippen LogP contribution in [0.15, 0.2) is 22.0 Å². The molecule has 0 radical (unpaired) electrons. The van der Waals surface area contributed by atoms with E-state index in [1.807, 2.05) is 6.92 Å². The Kier molecular flexibility index (Phi) is 6.98. The van der Waals surface area contributed by atoms with Crippen molar-refractivity contribution in [1.82, 2.24) is 0 Å². The lowest BCUT2D eigenvalue weighted by atomic mass is 9.47. The zero-order valence-corrected chi connectivity index (χ0v) is 20.5. The predicted octanol–water partition coefficient (Wildman–Crippen LogP) is 2.44. The van der Waals surface area contributed by atoms with E-state index < -0.39 is 37.4 Å². The third kappa shape index (κ3) is 4.58. The minimum atomic E-state index is -1.11. The minimum absolute atomic E-state index is 0.0917. The van der Waals surface area contributed by atoms with Crippen molar-refractivity contribution in [2.45, 2.75) is 71.5 Å². The van der Waals surface area contributed by atoms with Crippen molar-refractivity contribution in [3.8, 4) is 0 Å². The Balaban J connectivity index is 1.68. The summed E-state index contributed by atoms with van der Waals surface area (Å²) in [5, 5.41) is 47.2. The standard InChI is InChI=1S/C25H36N2O8/c1-13(26-34-11-22(30)31)15-4-5-16-14-8-19(27-35-12-23(32)33)18-9-20(28)21(29)10-25(18,3)17(14)6-7-24(15,16)2/h8,15-18,20-21,28-29H,4-7,9-12H2,1-3H3,(H,30,31)(H,32,33)/t15-,16?,17?,18+,20-,21+,24-,25-/m1/s1. The maximum Gasteiger partial charge on any atom is 0.344 e. The SMILES string of the molecule is CC(=NOCC(=O)O)[C@H]1CCC2C3=CC(=NOCC(=O)O)[C@@H]4C[C@@H](O)[C@@H](O)C[C@]4(C)C3CC[C@@]21C. The molecule has 35 heavy (non-hydrogen) atoms. The molecule has 4 aliphatic rings. The topological polar surface area (TPSA) is 158 Å². The van der Waals surface area contributed by atoms with E-state index in [9.17, 15) is 19.8 Å². The van der Waals surface area contributed by atoms with Gasteiger partial charge in [0, 0.05) is 11.8 Å². The van der Waals surface area contributed by atoms with Crippen LogP contribution in [0.25, 0.3) is 0 Å². The molecule has 4 aliphatic carbocycles. The summed E-state index contributed by atoms with van der Waals surface area (Å²) in [7, 11) is 0. The molecule has 10 nitrogen and oxygen atoms in total. The molecule has 0 spiro atoms. The molecular formula is C25H36N2O8. The lowest BCUT2D eigenvalue weighted by molar-refractivity contribution is -0.143. The first-order chi connectivity index (χ1) is 16.5. The summed E-state index contributed by atoms with van der Waals surface area (Å²) < 4.78 is 0. The van der Waals surface area contributed by atoms with Crippen LogP contribution in [0.3, 0.4) is 0 Å². The number of fused-ring (bicyclic) bond motifs is 5. The number of allylic oxidation sites excluding steroid dienone is 2. The molecule has 10 heteroatoms. The van der Waals surface area contributed by atoms with Gasteiger partial charge in [-0.1, -0.05) is 29.7 Å². The monoisotopic (exact) mass is 492 g/mol. The first-order valence-corrected chi connectivity index (χ1v) is 12.3. The highest BCUT2D eigenvalue weighted by molar-refractivity contribution is 5.99. The molecule has 0 heterocycles. The van der Waals surface area contributed by atoms with Crippen molar-refractivity contribution in [3.63, 3.8) is 0 Å². The molecule has 0 bridgehead atoms. The highest BCUT2D eigenvalue weighted by atomic mass is 16.6. The van der Waals surface area contributed by atoms with Crippen LogP contribution in [0.5, 0.6) is 0 Å². The molecule has 0 aromatic heterocycles. The predicted molar refractivity (Wildman–Crippen MR) is 126 cm³/mol. The van der Waals surface area contributed by atoms with Gasteiger partial charge in [0.2, 0.25) is 13.2 Å². The first-order valence-electron chi connectivity index (χ1n) is 12.3. The Hall–Kier alpha value is -2.46. The van der Waals surface area contributed by atoms with Crippen molar-refractivity contribution < 1.29 is 39.7 Å². The van der Waals surface area contributed by atoms with Gasteiger partial charge in [-0.3, -0.25) is 0 Å². The number of hydrogen-bond acceptors (Lipinski definition) is 8. The summed E-state index contributed by atoms with van der Waals surface area (Å²) >= 11 is 0. The van der Waals surface area contributed by atoms with E-state index in [4.69, 9.17) is 19.9 Å². The van der Waals surface area contributed by atoms with Gasteiger partial charge in [0.1, 0.15) is 0 Å². The number of rotatable bonds is 7. The fourth-order valence-electron chi connectivity index (χ4n) is 7.61. The van der Waals surface area contributed by atoms with Crippen molar-refractivity contribution in [2.75, 3.05) is 13.2 Å². The molecule has 4 N–H and O–H groups in total. The Bertz CT molecular complexity index is 961. The summed E-state index contributed by atoms with van der Waals surface area (Å²) in [6, 6.07) is 0. The lowest BCUT2D eigenvalue weighted by Gasteiger charge is -2.58. The zero-order chi connectivity index (χ0) is 25.5. The van der Waals surface area contributed by atoms with Crippen LogP contribution < -0.4 is 0 Å². The van der Waals surface area contributed by atoms with E-state index in [-0.39, 0.29) is 34.5 Å². The van der Waals surface area contributed by atoms with Crippen LogP contribution in [0.2, 0.25) is 0 Å². The minimum Gasteiger partial charge on any atom is -0.479 e. The maximum absolute atomic E-state index is 11.0. The molecule has 0 saturated heterocycles. The molecule has 4 rings (SSSR count). The molecule has 3 saturated carbocycles. The second-order valence-corrected chi connectivity index (χ2v) is 11.1. The van der Waals surface area contributed by atoms with Gasteiger partial charge in [-0.15, -0.1) is 0 Å². The fraction of sp³-hybridized carbons (Fsp3) is 0.760. The van der Waals surface area contributed by atoms with Gasteiger partial charge in [-0.2, -0.15) is 0 Å². The molecule has 0 aliphatic heterocycles. The summed E-state index contributed by atoms with van der Waals surface area (Å²) in [4.78, 5) is 31.9. The van der Waals surface area contributed by atoms with E-state index >= 15 is 0 Å². The van der Waals surface area contributed by atoms with Gasteiger partial charge in [-0.25, -0.2) is 9.59 Å². The normalized spacial score (nSPS) is 41.9. The van der Waals surface area contributed by atoms with Gasteiger partial charge in [0.25, 0.3) is 0 Å². The van der Waals surface area contributed by atoms with Crippen LogP contribution in [-0.2, 0) is 19.3 Å². The molecule has 2 unspecified atom stereocenters. The molecular weight excluding hydrogens is 456 g/mol. The highest BCUT2D eigenvalue weighted by Crippen LogP contribution is 2.65.